The van der Waals surface area contributed by atoms with E-state index in [0.717, 1.165) is 28.4 Å². The predicted octanol–water partition coefficient (Wildman–Crippen LogP) is 5.31. The van der Waals surface area contributed by atoms with Crippen molar-refractivity contribution in [3.63, 3.8) is 0 Å². The molecule has 4 heteroatoms. The Morgan fingerprint density at radius 1 is 1.04 bits per heavy atom. The molecule has 0 aliphatic carbocycles. The summed E-state index contributed by atoms with van der Waals surface area (Å²) in [5, 5.41) is 0.703. The summed E-state index contributed by atoms with van der Waals surface area (Å²) in [5.74, 6) is 2.46. The number of rotatable bonds is 3. The van der Waals surface area contributed by atoms with E-state index in [9.17, 15) is 0 Å². The SMILES string of the molecule is Cc1ccc(-c2nc3ccc(Cl)cc3n2Cc2ccccc2)o1. The lowest BCUT2D eigenvalue weighted by atomic mass is 10.2. The molecule has 4 rings (SSSR count). The van der Waals surface area contributed by atoms with Gasteiger partial charge in [0, 0.05) is 11.6 Å². The Balaban J connectivity index is 1.92. The van der Waals surface area contributed by atoms with Crippen molar-refractivity contribution in [2.24, 2.45) is 0 Å². The van der Waals surface area contributed by atoms with Crippen LogP contribution in [-0.4, -0.2) is 9.55 Å². The summed E-state index contributed by atoms with van der Waals surface area (Å²) in [4.78, 5) is 4.74. The van der Waals surface area contributed by atoms with E-state index in [-0.39, 0.29) is 0 Å². The monoisotopic (exact) mass is 322 g/mol. The number of aromatic nitrogens is 2. The lowest BCUT2D eigenvalue weighted by Gasteiger charge is -2.08. The minimum Gasteiger partial charge on any atom is -0.458 e. The summed E-state index contributed by atoms with van der Waals surface area (Å²) in [6.45, 7) is 2.65. The molecule has 0 amide bonds. The maximum atomic E-state index is 6.19. The molecule has 23 heavy (non-hydrogen) atoms. The molecule has 0 atom stereocenters. The van der Waals surface area contributed by atoms with E-state index in [1.807, 2.05) is 55.5 Å². The van der Waals surface area contributed by atoms with Crippen LogP contribution in [0.25, 0.3) is 22.6 Å². The molecule has 0 saturated heterocycles. The van der Waals surface area contributed by atoms with Gasteiger partial charge in [0.15, 0.2) is 11.6 Å². The highest BCUT2D eigenvalue weighted by atomic mass is 35.5. The second kappa shape index (κ2) is 5.60. The van der Waals surface area contributed by atoms with E-state index < -0.39 is 0 Å². The normalized spacial score (nSPS) is 11.2. The summed E-state index contributed by atoms with van der Waals surface area (Å²) in [6.07, 6.45) is 0. The molecular formula is C19H15ClN2O. The lowest BCUT2D eigenvalue weighted by Crippen LogP contribution is -2.01. The zero-order valence-corrected chi connectivity index (χ0v) is 13.4. The van der Waals surface area contributed by atoms with Gasteiger partial charge in [-0.2, -0.15) is 0 Å². The van der Waals surface area contributed by atoms with Crippen LogP contribution in [0.15, 0.2) is 65.1 Å². The van der Waals surface area contributed by atoms with E-state index in [0.29, 0.717) is 11.6 Å². The highest BCUT2D eigenvalue weighted by Gasteiger charge is 2.16. The first-order chi connectivity index (χ1) is 11.2. The topological polar surface area (TPSA) is 31.0 Å². The van der Waals surface area contributed by atoms with E-state index >= 15 is 0 Å². The van der Waals surface area contributed by atoms with Gasteiger partial charge in [-0.3, -0.25) is 0 Å². The maximum absolute atomic E-state index is 6.19. The van der Waals surface area contributed by atoms with Gasteiger partial charge in [-0.25, -0.2) is 4.98 Å². The summed E-state index contributed by atoms with van der Waals surface area (Å²) in [6, 6.07) is 20.0. The van der Waals surface area contributed by atoms with Crippen LogP contribution < -0.4 is 0 Å². The van der Waals surface area contributed by atoms with Gasteiger partial charge in [-0.1, -0.05) is 41.9 Å². The van der Waals surface area contributed by atoms with Crippen molar-refractivity contribution in [3.05, 3.63) is 77.0 Å². The molecule has 0 unspecified atom stereocenters. The Morgan fingerprint density at radius 3 is 2.61 bits per heavy atom. The summed E-state index contributed by atoms with van der Waals surface area (Å²) in [5.41, 5.74) is 3.12. The van der Waals surface area contributed by atoms with Crippen molar-refractivity contribution in [3.8, 4) is 11.6 Å². The number of nitrogens with zero attached hydrogens (tertiary/aromatic N) is 2. The standard InChI is InChI=1S/C19H15ClN2O/c1-13-7-10-18(23-13)19-21-16-9-8-15(20)11-17(16)22(19)12-14-5-3-2-4-6-14/h2-11H,12H2,1H3. The van der Waals surface area contributed by atoms with Crippen molar-refractivity contribution in [2.75, 3.05) is 0 Å². The van der Waals surface area contributed by atoms with Crippen LogP contribution in [0.1, 0.15) is 11.3 Å². The minimum absolute atomic E-state index is 0.703. The molecule has 0 N–H and O–H groups in total. The summed E-state index contributed by atoms with van der Waals surface area (Å²) < 4.78 is 7.94. The maximum Gasteiger partial charge on any atom is 0.177 e. The van der Waals surface area contributed by atoms with Gasteiger partial charge in [0.2, 0.25) is 0 Å². The van der Waals surface area contributed by atoms with Crippen LogP contribution in [0.4, 0.5) is 0 Å². The van der Waals surface area contributed by atoms with Gasteiger partial charge in [0.1, 0.15) is 5.76 Å². The molecule has 2 aromatic heterocycles. The quantitative estimate of drug-likeness (QED) is 0.512. The number of aryl methyl sites for hydroxylation is 1. The minimum atomic E-state index is 0.703. The number of fused-ring (bicyclic) bond motifs is 1. The molecule has 0 fully saturated rings. The fraction of sp³-hybridized carbons (Fsp3) is 0.105. The smallest absolute Gasteiger partial charge is 0.177 e. The molecule has 0 saturated carbocycles. The number of hydrogen-bond donors (Lipinski definition) is 0. The van der Waals surface area contributed by atoms with Crippen molar-refractivity contribution in [1.29, 1.82) is 0 Å². The van der Waals surface area contributed by atoms with Crippen molar-refractivity contribution in [2.45, 2.75) is 13.5 Å². The average molecular weight is 323 g/mol. The highest BCUT2D eigenvalue weighted by Crippen LogP contribution is 2.28. The summed E-state index contributed by atoms with van der Waals surface area (Å²) in [7, 11) is 0. The van der Waals surface area contributed by atoms with Crippen molar-refractivity contribution < 1.29 is 4.42 Å². The zero-order chi connectivity index (χ0) is 15.8. The first-order valence-electron chi connectivity index (χ1n) is 7.47. The molecule has 3 nitrogen and oxygen atoms in total. The van der Waals surface area contributed by atoms with Crippen LogP contribution >= 0.6 is 11.6 Å². The number of benzene rings is 2. The van der Waals surface area contributed by atoms with Gasteiger partial charge >= 0.3 is 0 Å². The Kier molecular flexibility index (Phi) is 3.43. The Morgan fingerprint density at radius 2 is 1.87 bits per heavy atom. The van der Waals surface area contributed by atoms with Crippen LogP contribution in [0, 0.1) is 6.92 Å². The first-order valence-corrected chi connectivity index (χ1v) is 7.85. The number of imidazole rings is 1. The third-order valence-corrected chi connectivity index (χ3v) is 4.09. The summed E-state index contributed by atoms with van der Waals surface area (Å²) >= 11 is 6.19. The molecule has 0 aliphatic rings. The van der Waals surface area contributed by atoms with E-state index in [1.54, 1.807) is 0 Å². The van der Waals surface area contributed by atoms with Crippen molar-refractivity contribution in [1.82, 2.24) is 9.55 Å². The number of hydrogen-bond acceptors (Lipinski definition) is 2. The van der Waals surface area contributed by atoms with E-state index in [2.05, 4.69) is 16.7 Å². The molecule has 0 bridgehead atoms. The van der Waals surface area contributed by atoms with Crippen LogP contribution in [0.5, 0.6) is 0 Å². The van der Waals surface area contributed by atoms with Crippen LogP contribution in [0.3, 0.4) is 0 Å². The van der Waals surface area contributed by atoms with Gasteiger partial charge in [-0.15, -0.1) is 0 Å². The lowest BCUT2D eigenvalue weighted by molar-refractivity contribution is 0.540. The molecule has 0 spiro atoms. The Hall–Kier alpha value is -2.52. The second-order valence-corrected chi connectivity index (χ2v) is 5.99. The molecule has 0 aliphatic heterocycles. The van der Waals surface area contributed by atoms with E-state index in [1.165, 1.54) is 5.56 Å². The zero-order valence-electron chi connectivity index (χ0n) is 12.7. The molecule has 114 valence electrons. The Labute approximate surface area is 139 Å². The third-order valence-electron chi connectivity index (χ3n) is 3.85. The fourth-order valence-electron chi connectivity index (χ4n) is 2.76. The van der Waals surface area contributed by atoms with Crippen LogP contribution in [0.2, 0.25) is 5.02 Å². The third kappa shape index (κ3) is 2.64. The average Bonchev–Trinajstić information content (AvgIpc) is 3.13. The van der Waals surface area contributed by atoms with E-state index in [4.69, 9.17) is 21.0 Å². The molecule has 2 aromatic carbocycles. The largest absolute Gasteiger partial charge is 0.458 e. The Bertz CT molecular complexity index is 970. The predicted molar refractivity (Wildman–Crippen MR) is 92.7 cm³/mol. The molecule has 0 radical (unpaired) electrons. The molecule has 2 heterocycles. The van der Waals surface area contributed by atoms with Gasteiger partial charge in [0.05, 0.1) is 11.0 Å². The van der Waals surface area contributed by atoms with Gasteiger partial charge < -0.3 is 8.98 Å². The highest BCUT2D eigenvalue weighted by molar-refractivity contribution is 6.31. The molecule has 4 aromatic rings. The molecular weight excluding hydrogens is 308 g/mol. The van der Waals surface area contributed by atoms with Crippen molar-refractivity contribution >= 4 is 22.6 Å². The van der Waals surface area contributed by atoms with Gasteiger partial charge in [0.25, 0.3) is 0 Å². The fourth-order valence-corrected chi connectivity index (χ4v) is 2.93. The second-order valence-electron chi connectivity index (χ2n) is 5.55. The first kappa shape index (κ1) is 14.1. The van der Waals surface area contributed by atoms with Crippen LogP contribution in [-0.2, 0) is 6.54 Å². The van der Waals surface area contributed by atoms with Gasteiger partial charge in [-0.05, 0) is 42.8 Å². The number of halogens is 1. The number of furan rings is 1.